The summed E-state index contributed by atoms with van der Waals surface area (Å²) in [6, 6.07) is -0.154. The third kappa shape index (κ3) is 3.61. The SMILES string of the molecule is CC(C)C1(C(=O)O)CCN(C(=O)NCC(C)(C)C)C1. The molecule has 19 heavy (non-hydrogen) atoms. The first kappa shape index (κ1) is 15.8. The smallest absolute Gasteiger partial charge is 0.317 e. The Morgan fingerprint density at radius 3 is 2.32 bits per heavy atom. The number of carboxylic acids is 1. The quantitative estimate of drug-likeness (QED) is 0.825. The van der Waals surface area contributed by atoms with E-state index in [9.17, 15) is 14.7 Å². The van der Waals surface area contributed by atoms with Crippen LogP contribution in [0.25, 0.3) is 0 Å². The van der Waals surface area contributed by atoms with E-state index >= 15 is 0 Å². The maximum atomic E-state index is 12.0. The van der Waals surface area contributed by atoms with Crippen LogP contribution in [0.3, 0.4) is 0 Å². The average molecular weight is 270 g/mol. The molecule has 1 aliphatic heterocycles. The summed E-state index contributed by atoms with van der Waals surface area (Å²) in [5, 5.41) is 12.3. The second-order valence-corrected chi connectivity index (χ2v) is 7.01. The minimum Gasteiger partial charge on any atom is -0.481 e. The summed E-state index contributed by atoms with van der Waals surface area (Å²) in [7, 11) is 0. The van der Waals surface area contributed by atoms with Gasteiger partial charge >= 0.3 is 12.0 Å². The van der Waals surface area contributed by atoms with Crippen molar-refractivity contribution in [3.05, 3.63) is 0 Å². The Morgan fingerprint density at radius 1 is 1.37 bits per heavy atom. The molecule has 1 unspecified atom stereocenters. The van der Waals surface area contributed by atoms with Crippen molar-refractivity contribution >= 4 is 12.0 Å². The van der Waals surface area contributed by atoms with E-state index in [0.29, 0.717) is 26.1 Å². The van der Waals surface area contributed by atoms with Crippen molar-refractivity contribution in [2.75, 3.05) is 19.6 Å². The van der Waals surface area contributed by atoms with Crippen molar-refractivity contribution in [2.45, 2.75) is 41.0 Å². The van der Waals surface area contributed by atoms with Crippen LogP contribution in [0.2, 0.25) is 0 Å². The number of carboxylic acid groups (broad SMARTS) is 1. The van der Waals surface area contributed by atoms with Gasteiger partial charge in [-0.2, -0.15) is 0 Å². The number of urea groups is 1. The molecule has 1 saturated heterocycles. The molecule has 1 fully saturated rings. The summed E-state index contributed by atoms with van der Waals surface area (Å²) in [5.74, 6) is -0.779. The molecule has 0 aromatic carbocycles. The highest BCUT2D eigenvalue weighted by molar-refractivity contribution is 5.80. The van der Waals surface area contributed by atoms with E-state index in [-0.39, 0.29) is 17.4 Å². The molecule has 2 N–H and O–H groups in total. The molecular formula is C14H26N2O3. The van der Waals surface area contributed by atoms with Gasteiger partial charge in [0.15, 0.2) is 0 Å². The van der Waals surface area contributed by atoms with Crippen LogP contribution < -0.4 is 5.32 Å². The van der Waals surface area contributed by atoms with Crippen LogP contribution in [0.1, 0.15) is 41.0 Å². The topological polar surface area (TPSA) is 69.6 Å². The lowest BCUT2D eigenvalue weighted by molar-refractivity contribution is -0.150. The van der Waals surface area contributed by atoms with Gasteiger partial charge in [-0.05, 0) is 17.8 Å². The normalized spacial score (nSPS) is 23.8. The molecule has 0 aromatic heterocycles. The summed E-state index contributed by atoms with van der Waals surface area (Å²) in [6.07, 6.45) is 0.531. The number of hydrogen-bond donors (Lipinski definition) is 2. The van der Waals surface area contributed by atoms with E-state index in [2.05, 4.69) is 5.32 Å². The van der Waals surface area contributed by atoms with Gasteiger partial charge in [0.2, 0.25) is 0 Å². The predicted molar refractivity (Wildman–Crippen MR) is 74.0 cm³/mol. The number of carbonyl (C=O) groups excluding carboxylic acids is 1. The summed E-state index contributed by atoms with van der Waals surface area (Å²) < 4.78 is 0. The van der Waals surface area contributed by atoms with Gasteiger partial charge in [0.1, 0.15) is 0 Å². The minimum absolute atomic E-state index is 0.0189. The number of nitrogens with one attached hydrogen (secondary N) is 1. The molecule has 1 atom stereocenters. The average Bonchev–Trinajstić information content (AvgIpc) is 2.70. The molecule has 1 aliphatic rings. The van der Waals surface area contributed by atoms with Crippen LogP contribution in [0.4, 0.5) is 4.79 Å². The minimum atomic E-state index is -0.798. The van der Waals surface area contributed by atoms with E-state index in [0.717, 1.165) is 0 Å². The Hall–Kier alpha value is -1.26. The zero-order chi connectivity index (χ0) is 14.8. The molecule has 0 radical (unpaired) electrons. The molecule has 0 saturated carbocycles. The summed E-state index contributed by atoms with van der Waals surface area (Å²) >= 11 is 0. The van der Waals surface area contributed by atoms with Crippen LogP contribution in [0.15, 0.2) is 0 Å². The summed E-state index contributed by atoms with van der Waals surface area (Å²) in [5.41, 5.74) is -0.767. The molecule has 2 amide bonds. The number of amides is 2. The third-order valence-electron chi connectivity index (χ3n) is 3.89. The van der Waals surface area contributed by atoms with Gasteiger partial charge in [0, 0.05) is 19.6 Å². The van der Waals surface area contributed by atoms with Crippen molar-refractivity contribution in [3.8, 4) is 0 Å². The molecule has 0 aromatic rings. The fourth-order valence-electron chi connectivity index (χ4n) is 2.35. The number of aliphatic carboxylic acids is 1. The monoisotopic (exact) mass is 270 g/mol. The van der Waals surface area contributed by atoms with Crippen LogP contribution in [0, 0.1) is 16.7 Å². The number of nitrogens with zero attached hydrogens (tertiary/aromatic N) is 1. The lowest BCUT2D eigenvalue weighted by Gasteiger charge is -2.29. The van der Waals surface area contributed by atoms with Gasteiger partial charge in [0.25, 0.3) is 0 Å². The first-order valence-corrected chi connectivity index (χ1v) is 6.85. The highest BCUT2D eigenvalue weighted by Crippen LogP contribution is 2.38. The number of rotatable bonds is 3. The molecule has 0 spiro atoms. The number of hydrogen-bond acceptors (Lipinski definition) is 2. The molecule has 5 heteroatoms. The lowest BCUT2D eigenvalue weighted by atomic mass is 9.76. The van der Waals surface area contributed by atoms with Crippen LogP contribution in [-0.4, -0.2) is 41.6 Å². The second kappa shape index (κ2) is 5.39. The highest BCUT2D eigenvalue weighted by atomic mass is 16.4. The Balaban J connectivity index is 2.65. The number of likely N-dealkylation sites (tertiary alicyclic amines) is 1. The van der Waals surface area contributed by atoms with E-state index < -0.39 is 11.4 Å². The van der Waals surface area contributed by atoms with Crippen molar-refractivity contribution in [3.63, 3.8) is 0 Å². The van der Waals surface area contributed by atoms with Gasteiger partial charge in [-0.25, -0.2) is 4.79 Å². The fourth-order valence-corrected chi connectivity index (χ4v) is 2.35. The zero-order valence-electron chi connectivity index (χ0n) is 12.6. The fraction of sp³-hybridized carbons (Fsp3) is 0.857. The summed E-state index contributed by atoms with van der Waals surface area (Å²) in [6.45, 7) is 11.4. The predicted octanol–water partition coefficient (Wildman–Crippen LogP) is 2.17. The van der Waals surface area contributed by atoms with Crippen molar-refractivity contribution in [1.29, 1.82) is 0 Å². The Labute approximate surface area is 115 Å². The first-order valence-electron chi connectivity index (χ1n) is 6.85. The maximum Gasteiger partial charge on any atom is 0.317 e. The summed E-state index contributed by atoms with van der Waals surface area (Å²) in [4.78, 5) is 25.2. The largest absolute Gasteiger partial charge is 0.481 e. The van der Waals surface area contributed by atoms with E-state index in [4.69, 9.17) is 0 Å². The molecule has 1 heterocycles. The molecule has 1 rings (SSSR count). The van der Waals surface area contributed by atoms with Crippen molar-refractivity contribution in [2.24, 2.45) is 16.7 Å². The molecule has 0 aliphatic carbocycles. The van der Waals surface area contributed by atoms with Crippen LogP contribution in [-0.2, 0) is 4.79 Å². The second-order valence-electron chi connectivity index (χ2n) is 7.01. The highest BCUT2D eigenvalue weighted by Gasteiger charge is 2.48. The number of carbonyl (C=O) groups is 2. The van der Waals surface area contributed by atoms with Gasteiger partial charge < -0.3 is 15.3 Å². The van der Waals surface area contributed by atoms with Gasteiger partial charge in [0.05, 0.1) is 5.41 Å². The van der Waals surface area contributed by atoms with Crippen LogP contribution >= 0.6 is 0 Å². The standard InChI is InChI=1S/C14H26N2O3/c1-10(2)14(11(17)18)6-7-16(9-14)12(19)15-8-13(3,4)5/h10H,6-9H2,1-5H3,(H,15,19)(H,17,18). The zero-order valence-corrected chi connectivity index (χ0v) is 12.6. The van der Waals surface area contributed by atoms with Crippen molar-refractivity contribution in [1.82, 2.24) is 10.2 Å². The molecular weight excluding hydrogens is 244 g/mol. The Kier molecular flexibility index (Phi) is 4.48. The Bertz CT molecular complexity index is 360. The van der Waals surface area contributed by atoms with Gasteiger partial charge in [-0.15, -0.1) is 0 Å². The first-order chi connectivity index (χ1) is 8.58. The Morgan fingerprint density at radius 2 is 1.95 bits per heavy atom. The maximum absolute atomic E-state index is 12.0. The third-order valence-corrected chi connectivity index (χ3v) is 3.89. The van der Waals surface area contributed by atoms with Gasteiger partial charge in [-0.3, -0.25) is 4.79 Å². The molecule has 5 nitrogen and oxygen atoms in total. The lowest BCUT2D eigenvalue weighted by Crippen LogP contribution is -2.45. The van der Waals surface area contributed by atoms with Crippen molar-refractivity contribution < 1.29 is 14.7 Å². The molecule has 0 bridgehead atoms. The van der Waals surface area contributed by atoms with E-state index in [1.807, 2.05) is 34.6 Å². The van der Waals surface area contributed by atoms with Crippen LogP contribution in [0.5, 0.6) is 0 Å². The molecule has 110 valence electrons. The van der Waals surface area contributed by atoms with E-state index in [1.165, 1.54) is 0 Å². The van der Waals surface area contributed by atoms with E-state index in [1.54, 1.807) is 4.90 Å². The van der Waals surface area contributed by atoms with Gasteiger partial charge in [-0.1, -0.05) is 34.6 Å².